The second kappa shape index (κ2) is 8.13. The molecule has 4 nitrogen and oxygen atoms in total. The molecular formula is C25H17FN2O2S. The average Bonchev–Trinajstić information content (AvgIpc) is 2.78. The fourth-order valence-corrected chi connectivity index (χ4v) is 4.14. The lowest BCUT2D eigenvalue weighted by atomic mass is 9.88. The topological polar surface area (TPSA) is 70.8 Å². The van der Waals surface area contributed by atoms with Crippen LogP contribution in [0.5, 0.6) is 0 Å². The maximum Gasteiger partial charge on any atom is 0.175 e. The zero-order valence-corrected chi connectivity index (χ0v) is 17.4. The summed E-state index contributed by atoms with van der Waals surface area (Å²) in [5, 5.41) is 9.57. The first-order valence-corrected chi connectivity index (χ1v) is 11.3. The Labute approximate surface area is 180 Å². The molecule has 0 unspecified atom stereocenters. The van der Waals surface area contributed by atoms with Gasteiger partial charge in [0.1, 0.15) is 11.9 Å². The minimum absolute atomic E-state index is 0.229. The number of hydrogen-bond acceptors (Lipinski definition) is 4. The highest BCUT2D eigenvalue weighted by atomic mass is 32.2. The van der Waals surface area contributed by atoms with Crippen LogP contribution in [0.3, 0.4) is 0 Å². The molecule has 6 heteroatoms. The van der Waals surface area contributed by atoms with Crippen molar-refractivity contribution in [1.82, 2.24) is 4.98 Å². The predicted octanol–water partition coefficient (Wildman–Crippen LogP) is 5.50. The molecule has 0 aliphatic carbocycles. The zero-order valence-electron chi connectivity index (χ0n) is 16.6. The van der Waals surface area contributed by atoms with Gasteiger partial charge >= 0.3 is 0 Å². The van der Waals surface area contributed by atoms with E-state index < -0.39 is 9.84 Å². The van der Waals surface area contributed by atoms with Crippen molar-refractivity contribution in [3.8, 4) is 39.6 Å². The highest BCUT2D eigenvalue weighted by Gasteiger charge is 2.17. The third-order valence-electron chi connectivity index (χ3n) is 4.97. The van der Waals surface area contributed by atoms with Gasteiger partial charge in [-0.25, -0.2) is 12.8 Å². The summed E-state index contributed by atoms with van der Waals surface area (Å²) in [6.45, 7) is 0. The highest BCUT2D eigenvalue weighted by molar-refractivity contribution is 7.90. The molecule has 1 aromatic heterocycles. The van der Waals surface area contributed by atoms with E-state index >= 15 is 0 Å². The van der Waals surface area contributed by atoms with Gasteiger partial charge in [-0.2, -0.15) is 5.26 Å². The number of pyridine rings is 1. The average molecular weight is 428 g/mol. The Bertz CT molecular complexity index is 1410. The van der Waals surface area contributed by atoms with Crippen molar-refractivity contribution in [1.29, 1.82) is 5.26 Å². The summed E-state index contributed by atoms with van der Waals surface area (Å²) in [7, 11) is -3.32. The molecule has 31 heavy (non-hydrogen) atoms. The van der Waals surface area contributed by atoms with Crippen molar-refractivity contribution in [2.24, 2.45) is 0 Å². The first kappa shape index (κ1) is 20.5. The van der Waals surface area contributed by atoms with Gasteiger partial charge < -0.3 is 0 Å². The van der Waals surface area contributed by atoms with Crippen LogP contribution >= 0.6 is 0 Å². The highest BCUT2D eigenvalue weighted by Crippen LogP contribution is 2.40. The second-order valence-corrected chi connectivity index (χ2v) is 9.06. The molecule has 0 fully saturated rings. The Morgan fingerprint density at radius 1 is 0.839 bits per heavy atom. The third kappa shape index (κ3) is 4.09. The Kier molecular flexibility index (Phi) is 5.37. The Morgan fingerprint density at radius 3 is 2.13 bits per heavy atom. The van der Waals surface area contributed by atoms with E-state index in [1.165, 1.54) is 12.1 Å². The largest absolute Gasteiger partial charge is 0.255 e. The molecule has 4 aromatic rings. The summed E-state index contributed by atoms with van der Waals surface area (Å²) < 4.78 is 37.3. The standard InChI is InChI=1S/C25H17FN2O2S/c1-31(29,30)21-13-9-17(10-14-21)22-5-2-6-23(25-19(16-27)4-3-15-28-25)24(22)18-7-11-20(26)12-8-18/h2-15H,1H3. The van der Waals surface area contributed by atoms with Gasteiger partial charge in [0, 0.05) is 18.0 Å². The van der Waals surface area contributed by atoms with Crippen molar-refractivity contribution in [2.75, 3.05) is 6.26 Å². The number of sulfone groups is 1. The van der Waals surface area contributed by atoms with Crippen molar-refractivity contribution >= 4 is 9.84 Å². The lowest BCUT2D eigenvalue weighted by Gasteiger charge is -2.16. The van der Waals surface area contributed by atoms with E-state index in [-0.39, 0.29) is 10.7 Å². The number of nitrogens with zero attached hydrogens (tertiary/aromatic N) is 2. The fourth-order valence-electron chi connectivity index (χ4n) is 3.51. The van der Waals surface area contributed by atoms with Gasteiger partial charge in [0.2, 0.25) is 0 Å². The number of aromatic nitrogens is 1. The molecule has 1 heterocycles. The maximum atomic E-state index is 13.6. The normalized spacial score (nSPS) is 11.1. The summed E-state index contributed by atoms with van der Waals surface area (Å²) in [4.78, 5) is 4.66. The molecule has 0 aliphatic rings. The van der Waals surface area contributed by atoms with E-state index in [1.54, 1.807) is 54.7 Å². The zero-order chi connectivity index (χ0) is 22.0. The van der Waals surface area contributed by atoms with Gasteiger partial charge in [-0.15, -0.1) is 0 Å². The number of nitriles is 1. The smallest absolute Gasteiger partial charge is 0.175 e. The maximum absolute atomic E-state index is 13.6. The third-order valence-corrected chi connectivity index (χ3v) is 6.10. The molecule has 0 radical (unpaired) electrons. The lowest BCUT2D eigenvalue weighted by Crippen LogP contribution is -1.97. The summed E-state index contributed by atoms with van der Waals surface area (Å²) >= 11 is 0. The predicted molar refractivity (Wildman–Crippen MR) is 118 cm³/mol. The molecule has 0 atom stereocenters. The lowest BCUT2D eigenvalue weighted by molar-refractivity contribution is 0.602. The van der Waals surface area contributed by atoms with Crippen LogP contribution in [0.25, 0.3) is 33.5 Å². The van der Waals surface area contributed by atoms with Crippen LogP contribution in [0.1, 0.15) is 5.56 Å². The fraction of sp³-hybridized carbons (Fsp3) is 0.0400. The minimum atomic E-state index is -3.32. The van der Waals surface area contributed by atoms with Crippen LogP contribution in [0.2, 0.25) is 0 Å². The van der Waals surface area contributed by atoms with Crippen LogP contribution in [-0.2, 0) is 9.84 Å². The summed E-state index contributed by atoms with van der Waals surface area (Å²) in [5.41, 5.74) is 4.84. The molecule has 0 spiro atoms. The van der Waals surface area contributed by atoms with E-state index in [4.69, 9.17) is 0 Å². The minimum Gasteiger partial charge on any atom is -0.255 e. The van der Waals surface area contributed by atoms with Gasteiger partial charge in [-0.05, 0) is 58.7 Å². The molecule has 0 aliphatic heterocycles. The molecule has 4 rings (SSSR count). The van der Waals surface area contributed by atoms with Crippen LogP contribution in [0.4, 0.5) is 4.39 Å². The quantitative estimate of drug-likeness (QED) is 0.430. The number of hydrogen-bond donors (Lipinski definition) is 0. The van der Waals surface area contributed by atoms with Gasteiger partial charge in [0.25, 0.3) is 0 Å². The molecule has 152 valence electrons. The van der Waals surface area contributed by atoms with E-state index in [2.05, 4.69) is 11.1 Å². The van der Waals surface area contributed by atoms with Crippen LogP contribution in [0, 0.1) is 17.1 Å². The van der Waals surface area contributed by atoms with E-state index in [0.717, 1.165) is 34.1 Å². The number of rotatable bonds is 4. The number of benzene rings is 3. The monoisotopic (exact) mass is 428 g/mol. The molecule has 0 saturated heterocycles. The molecular weight excluding hydrogens is 411 g/mol. The summed E-state index contributed by atoms with van der Waals surface area (Å²) in [6.07, 6.45) is 2.79. The van der Waals surface area contributed by atoms with Crippen molar-refractivity contribution in [3.63, 3.8) is 0 Å². The SMILES string of the molecule is CS(=O)(=O)c1ccc(-c2cccc(-c3ncccc3C#N)c2-c2ccc(F)cc2)cc1. The first-order chi connectivity index (χ1) is 14.9. The molecule has 0 saturated carbocycles. The van der Waals surface area contributed by atoms with Crippen LogP contribution in [-0.4, -0.2) is 19.7 Å². The number of halogens is 1. The van der Waals surface area contributed by atoms with Gasteiger partial charge in [-0.3, -0.25) is 4.98 Å². The molecule has 0 bridgehead atoms. The van der Waals surface area contributed by atoms with Crippen molar-refractivity contribution in [2.45, 2.75) is 4.90 Å². The van der Waals surface area contributed by atoms with E-state index in [0.29, 0.717) is 11.3 Å². The van der Waals surface area contributed by atoms with Gasteiger partial charge in [0.15, 0.2) is 9.84 Å². The van der Waals surface area contributed by atoms with E-state index in [1.807, 2.05) is 18.2 Å². The second-order valence-electron chi connectivity index (χ2n) is 7.04. The van der Waals surface area contributed by atoms with Crippen LogP contribution in [0.15, 0.2) is 90.0 Å². The van der Waals surface area contributed by atoms with Gasteiger partial charge in [-0.1, -0.05) is 42.5 Å². The van der Waals surface area contributed by atoms with Crippen LogP contribution < -0.4 is 0 Å². The van der Waals surface area contributed by atoms with E-state index in [9.17, 15) is 18.1 Å². The summed E-state index contributed by atoms with van der Waals surface area (Å²) in [5.74, 6) is -0.351. The summed E-state index contributed by atoms with van der Waals surface area (Å²) in [6, 6.07) is 23.9. The Hall–Kier alpha value is -3.82. The Morgan fingerprint density at radius 2 is 1.48 bits per heavy atom. The first-order valence-electron chi connectivity index (χ1n) is 9.43. The Balaban J connectivity index is 2.00. The van der Waals surface area contributed by atoms with Crippen molar-refractivity contribution in [3.05, 3.63) is 96.4 Å². The van der Waals surface area contributed by atoms with Crippen molar-refractivity contribution < 1.29 is 12.8 Å². The molecule has 0 N–H and O–H groups in total. The molecule has 3 aromatic carbocycles. The van der Waals surface area contributed by atoms with Gasteiger partial charge in [0.05, 0.1) is 16.2 Å². The molecule has 0 amide bonds.